The smallest absolute Gasteiger partial charge is 0.266 e. The van der Waals surface area contributed by atoms with E-state index in [1.165, 1.54) is 5.01 Å². The van der Waals surface area contributed by atoms with Crippen molar-refractivity contribution < 1.29 is 14.3 Å². The molecule has 0 aliphatic carbocycles. The third-order valence-corrected chi connectivity index (χ3v) is 5.59. The zero-order valence-corrected chi connectivity index (χ0v) is 16.0. The van der Waals surface area contributed by atoms with Crippen LogP contribution >= 0.6 is 0 Å². The highest BCUT2D eigenvalue weighted by molar-refractivity contribution is 5.97. The topological polar surface area (TPSA) is 78.0 Å². The van der Waals surface area contributed by atoms with Gasteiger partial charge in [0, 0.05) is 23.0 Å². The molecule has 146 valence electrons. The van der Waals surface area contributed by atoms with E-state index in [1.54, 1.807) is 18.2 Å². The maximum absolute atomic E-state index is 13.1. The van der Waals surface area contributed by atoms with Crippen LogP contribution < -0.4 is 4.74 Å². The summed E-state index contributed by atoms with van der Waals surface area (Å²) in [5.41, 5.74) is 3.96. The monoisotopic (exact) mass is 388 g/mol. The lowest BCUT2D eigenvalue weighted by Crippen LogP contribution is -2.60. The SMILES string of the molecule is COc1cccc(C=NN2CC(=O)N3Cc4[nH]c5ccccc5c4CC3C2=O)c1. The van der Waals surface area contributed by atoms with Crippen molar-refractivity contribution in [3.8, 4) is 5.75 Å². The maximum atomic E-state index is 13.1. The van der Waals surface area contributed by atoms with E-state index in [1.807, 2.05) is 48.5 Å². The summed E-state index contributed by atoms with van der Waals surface area (Å²) in [6.07, 6.45) is 2.08. The maximum Gasteiger partial charge on any atom is 0.266 e. The lowest BCUT2D eigenvalue weighted by Gasteiger charge is -2.40. The summed E-state index contributed by atoms with van der Waals surface area (Å²) >= 11 is 0. The second-order valence-electron chi connectivity index (χ2n) is 7.29. The third-order valence-electron chi connectivity index (χ3n) is 5.59. The molecule has 0 spiro atoms. The molecular formula is C22H20N4O3. The molecule has 7 heteroatoms. The van der Waals surface area contributed by atoms with Crippen LogP contribution in [0.2, 0.25) is 0 Å². The lowest BCUT2D eigenvalue weighted by molar-refractivity contribution is -0.157. The summed E-state index contributed by atoms with van der Waals surface area (Å²) in [6, 6.07) is 14.9. The van der Waals surface area contributed by atoms with Crippen molar-refractivity contribution in [2.75, 3.05) is 13.7 Å². The average Bonchev–Trinajstić information content (AvgIpc) is 3.12. The molecule has 2 amide bonds. The largest absolute Gasteiger partial charge is 0.497 e. The fourth-order valence-corrected chi connectivity index (χ4v) is 4.12. The highest BCUT2D eigenvalue weighted by atomic mass is 16.5. The van der Waals surface area contributed by atoms with Gasteiger partial charge in [-0.05, 0) is 29.3 Å². The number of piperazine rings is 1. The number of hydrogen-bond donors (Lipinski definition) is 1. The molecule has 3 heterocycles. The number of carbonyl (C=O) groups excluding carboxylic acids is 2. The lowest BCUT2D eigenvalue weighted by atomic mass is 9.94. The van der Waals surface area contributed by atoms with Crippen LogP contribution in [0, 0.1) is 0 Å². The fraction of sp³-hybridized carbons (Fsp3) is 0.227. The molecule has 2 aliphatic heterocycles. The standard InChI is InChI=1S/C22H20N4O3/c1-29-15-6-4-5-14(9-15)11-23-26-13-21(27)25-12-19-17(10-20(25)22(26)28)16-7-2-3-8-18(16)24-19/h2-9,11,20,24H,10,12-13H2,1H3. The first-order valence-corrected chi connectivity index (χ1v) is 9.51. The van der Waals surface area contributed by atoms with Gasteiger partial charge in [-0.3, -0.25) is 9.59 Å². The molecule has 1 atom stereocenters. The molecule has 29 heavy (non-hydrogen) atoms. The van der Waals surface area contributed by atoms with Crippen molar-refractivity contribution in [1.82, 2.24) is 14.9 Å². The number of fused-ring (bicyclic) bond motifs is 4. The Morgan fingerprint density at radius 3 is 2.86 bits per heavy atom. The number of carbonyl (C=O) groups is 2. The van der Waals surface area contributed by atoms with Crippen LogP contribution in [0.3, 0.4) is 0 Å². The number of benzene rings is 2. The van der Waals surface area contributed by atoms with Gasteiger partial charge in [0.05, 0.1) is 19.9 Å². The molecule has 0 saturated carbocycles. The number of aromatic amines is 1. The number of H-pyrrole nitrogens is 1. The molecule has 0 radical (unpaired) electrons. The predicted octanol–water partition coefficient (Wildman–Crippen LogP) is 2.31. The molecule has 3 aromatic rings. The number of methoxy groups -OCH3 is 1. The van der Waals surface area contributed by atoms with Gasteiger partial charge in [-0.1, -0.05) is 30.3 Å². The number of nitrogens with one attached hydrogen (secondary N) is 1. The van der Waals surface area contributed by atoms with Gasteiger partial charge in [-0.15, -0.1) is 0 Å². The zero-order valence-electron chi connectivity index (χ0n) is 16.0. The summed E-state index contributed by atoms with van der Waals surface area (Å²) in [5, 5.41) is 6.70. The van der Waals surface area contributed by atoms with Crippen LogP contribution in [-0.4, -0.2) is 52.6 Å². The van der Waals surface area contributed by atoms with Gasteiger partial charge in [-0.25, -0.2) is 5.01 Å². The Morgan fingerprint density at radius 2 is 2.00 bits per heavy atom. The number of amides is 2. The highest BCUT2D eigenvalue weighted by Gasteiger charge is 2.43. The number of para-hydroxylation sites is 1. The van der Waals surface area contributed by atoms with Gasteiger partial charge < -0.3 is 14.6 Å². The van der Waals surface area contributed by atoms with E-state index in [0.29, 0.717) is 18.7 Å². The van der Waals surface area contributed by atoms with E-state index < -0.39 is 6.04 Å². The fourth-order valence-electron chi connectivity index (χ4n) is 4.12. The van der Waals surface area contributed by atoms with E-state index in [9.17, 15) is 9.59 Å². The molecule has 2 aliphatic rings. The van der Waals surface area contributed by atoms with E-state index in [4.69, 9.17) is 4.74 Å². The Morgan fingerprint density at radius 1 is 1.14 bits per heavy atom. The first-order chi connectivity index (χ1) is 14.1. The Kier molecular flexibility index (Phi) is 4.08. The molecule has 2 aromatic carbocycles. The first kappa shape index (κ1) is 17.5. The molecule has 5 rings (SSSR count). The quantitative estimate of drug-likeness (QED) is 0.700. The van der Waals surface area contributed by atoms with Crippen LogP contribution in [0.25, 0.3) is 10.9 Å². The van der Waals surface area contributed by atoms with Gasteiger partial charge in [0.2, 0.25) is 5.91 Å². The van der Waals surface area contributed by atoms with Gasteiger partial charge in [0.1, 0.15) is 18.3 Å². The summed E-state index contributed by atoms with van der Waals surface area (Å²) in [4.78, 5) is 30.9. The van der Waals surface area contributed by atoms with Gasteiger partial charge in [-0.2, -0.15) is 5.10 Å². The van der Waals surface area contributed by atoms with Crippen molar-refractivity contribution in [1.29, 1.82) is 0 Å². The summed E-state index contributed by atoms with van der Waals surface area (Å²) in [6.45, 7) is 0.373. The number of ether oxygens (including phenoxy) is 1. The molecule has 1 N–H and O–H groups in total. The Labute approximate surface area is 167 Å². The van der Waals surface area contributed by atoms with E-state index in [0.717, 1.165) is 27.7 Å². The average molecular weight is 388 g/mol. The number of nitrogens with zero attached hydrogens (tertiary/aromatic N) is 3. The van der Waals surface area contributed by atoms with Crippen LogP contribution in [-0.2, 0) is 22.6 Å². The highest BCUT2D eigenvalue weighted by Crippen LogP contribution is 2.32. The Balaban J connectivity index is 1.43. The van der Waals surface area contributed by atoms with E-state index in [2.05, 4.69) is 10.1 Å². The second-order valence-corrected chi connectivity index (χ2v) is 7.29. The molecule has 7 nitrogen and oxygen atoms in total. The van der Waals surface area contributed by atoms with Crippen molar-refractivity contribution in [2.24, 2.45) is 5.10 Å². The Bertz CT molecular complexity index is 1150. The third kappa shape index (κ3) is 2.95. The minimum absolute atomic E-state index is 0.0502. The second kappa shape index (κ2) is 6.77. The molecule has 0 bridgehead atoms. The molecule has 1 unspecified atom stereocenters. The van der Waals surface area contributed by atoms with Crippen LogP contribution in [0.1, 0.15) is 16.8 Å². The minimum atomic E-state index is -0.523. The predicted molar refractivity (Wildman–Crippen MR) is 109 cm³/mol. The zero-order chi connectivity index (χ0) is 20.0. The van der Waals surface area contributed by atoms with Gasteiger partial charge in [0.25, 0.3) is 5.91 Å². The minimum Gasteiger partial charge on any atom is -0.497 e. The molecule has 1 aromatic heterocycles. The van der Waals surface area contributed by atoms with Crippen molar-refractivity contribution in [3.05, 3.63) is 65.4 Å². The van der Waals surface area contributed by atoms with Crippen molar-refractivity contribution in [2.45, 2.75) is 19.0 Å². The summed E-state index contributed by atoms with van der Waals surface area (Å²) < 4.78 is 5.21. The van der Waals surface area contributed by atoms with Crippen LogP contribution in [0.15, 0.2) is 53.6 Å². The Hall–Kier alpha value is -3.61. The van der Waals surface area contributed by atoms with Crippen LogP contribution in [0.5, 0.6) is 5.75 Å². The normalized spacial score (nSPS) is 19.0. The van der Waals surface area contributed by atoms with Gasteiger partial charge in [0.15, 0.2) is 0 Å². The summed E-state index contributed by atoms with van der Waals surface area (Å²) in [7, 11) is 1.60. The van der Waals surface area contributed by atoms with Crippen LogP contribution in [0.4, 0.5) is 0 Å². The van der Waals surface area contributed by atoms with Crippen molar-refractivity contribution >= 4 is 28.9 Å². The molecule has 1 fully saturated rings. The van der Waals surface area contributed by atoms with Gasteiger partial charge >= 0.3 is 0 Å². The molecular weight excluding hydrogens is 368 g/mol. The number of hydrogen-bond acceptors (Lipinski definition) is 4. The number of hydrazone groups is 1. The first-order valence-electron chi connectivity index (χ1n) is 9.51. The van der Waals surface area contributed by atoms with E-state index >= 15 is 0 Å². The number of rotatable bonds is 3. The summed E-state index contributed by atoms with van der Waals surface area (Å²) in [5.74, 6) is 0.460. The van der Waals surface area contributed by atoms with Crippen molar-refractivity contribution in [3.63, 3.8) is 0 Å². The number of aromatic nitrogens is 1. The molecule has 1 saturated heterocycles. The van der Waals surface area contributed by atoms with E-state index in [-0.39, 0.29) is 18.4 Å².